The highest BCUT2D eigenvalue weighted by atomic mass is 32.2. The van der Waals surface area contributed by atoms with Crippen molar-refractivity contribution in [2.75, 3.05) is 12.0 Å². The first-order valence-corrected chi connectivity index (χ1v) is 6.52. The molecule has 0 fully saturated rings. The number of aromatic nitrogens is 1. The summed E-state index contributed by atoms with van der Waals surface area (Å²) in [7, 11) is 0. The molecule has 1 aromatic heterocycles. The minimum atomic E-state index is 0.250. The maximum atomic E-state index is 5.92. The quantitative estimate of drug-likeness (QED) is 0.836. The standard InChI is InChI=1S/C9H16N2S2/c1-6-7(2)13-9(11-6)4-8(10)5-12-3/h8H,4-5,10H2,1-3H3. The lowest BCUT2D eigenvalue weighted by Crippen LogP contribution is -2.25. The van der Waals surface area contributed by atoms with Gasteiger partial charge in [-0.3, -0.25) is 0 Å². The molecule has 13 heavy (non-hydrogen) atoms. The molecule has 1 atom stereocenters. The topological polar surface area (TPSA) is 38.9 Å². The molecule has 0 aliphatic carbocycles. The van der Waals surface area contributed by atoms with Gasteiger partial charge in [0.25, 0.3) is 0 Å². The van der Waals surface area contributed by atoms with Gasteiger partial charge < -0.3 is 5.73 Å². The van der Waals surface area contributed by atoms with Gasteiger partial charge in [-0.25, -0.2) is 4.98 Å². The third-order valence-electron chi connectivity index (χ3n) is 1.89. The van der Waals surface area contributed by atoms with Gasteiger partial charge in [-0.15, -0.1) is 11.3 Å². The highest BCUT2D eigenvalue weighted by molar-refractivity contribution is 7.98. The number of hydrogen-bond acceptors (Lipinski definition) is 4. The molecule has 0 aliphatic rings. The third-order valence-corrected chi connectivity index (χ3v) is 3.75. The summed E-state index contributed by atoms with van der Waals surface area (Å²) in [5, 5.41) is 1.18. The number of aryl methyl sites for hydroxylation is 2. The molecule has 0 saturated heterocycles. The van der Waals surface area contributed by atoms with Crippen molar-refractivity contribution in [2.45, 2.75) is 26.3 Å². The first-order chi connectivity index (χ1) is 6.13. The number of thiazole rings is 1. The van der Waals surface area contributed by atoms with E-state index < -0.39 is 0 Å². The van der Waals surface area contributed by atoms with Crippen LogP contribution in [0.3, 0.4) is 0 Å². The summed E-state index contributed by atoms with van der Waals surface area (Å²) >= 11 is 3.56. The molecule has 0 spiro atoms. The summed E-state index contributed by atoms with van der Waals surface area (Å²) in [6, 6.07) is 0.250. The largest absolute Gasteiger partial charge is 0.327 e. The highest BCUT2D eigenvalue weighted by Gasteiger charge is 2.08. The molecule has 74 valence electrons. The van der Waals surface area contributed by atoms with Gasteiger partial charge >= 0.3 is 0 Å². The van der Waals surface area contributed by atoms with Crippen LogP contribution in [0.15, 0.2) is 0 Å². The van der Waals surface area contributed by atoms with Crippen LogP contribution >= 0.6 is 23.1 Å². The molecule has 1 unspecified atom stereocenters. The molecule has 0 saturated carbocycles. The van der Waals surface area contributed by atoms with Crippen molar-refractivity contribution in [1.29, 1.82) is 0 Å². The SMILES string of the molecule is CSCC(N)Cc1nc(C)c(C)s1. The lowest BCUT2D eigenvalue weighted by atomic mass is 10.2. The predicted octanol–water partition coefficient (Wildman–Crippen LogP) is 1.99. The van der Waals surface area contributed by atoms with E-state index in [4.69, 9.17) is 5.73 Å². The normalized spacial score (nSPS) is 13.2. The summed E-state index contributed by atoms with van der Waals surface area (Å²) in [4.78, 5) is 5.77. The van der Waals surface area contributed by atoms with E-state index >= 15 is 0 Å². The van der Waals surface area contributed by atoms with Crippen LogP contribution in [0.1, 0.15) is 15.6 Å². The smallest absolute Gasteiger partial charge is 0.0946 e. The van der Waals surface area contributed by atoms with Crippen molar-refractivity contribution < 1.29 is 0 Å². The molecule has 1 rings (SSSR count). The van der Waals surface area contributed by atoms with Gasteiger partial charge in [-0.2, -0.15) is 11.8 Å². The fraction of sp³-hybridized carbons (Fsp3) is 0.667. The zero-order valence-corrected chi connectivity index (χ0v) is 9.97. The van der Waals surface area contributed by atoms with Crippen LogP contribution < -0.4 is 5.73 Å². The van der Waals surface area contributed by atoms with Gasteiger partial charge in [0.2, 0.25) is 0 Å². The second-order valence-corrected chi connectivity index (χ2v) is 5.37. The van der Waals surface area contributed by atoms with Gasteiger partial charge in [0.15, 0.2) is 0 Å². The second kappa shape index (κ2) is 4.98. The lowest BCUT2D eigenvalue weighted by Gasteiger charge is -2.06. The molecule has 0 aliphatic heterocycles. The fourth-order valence-electron chi connectivity index (χ4n) is 1.12. The molecule has 1 aromatic rings. The van der Waals surface area contributed by atoms with Crippen LogP contribution in [0, 0.1) is 13.8 Å². The Morgan fingerprint density at radius 2 is 2.23 bits per heavy atom. The van der Waals surface area contributed by atoms with Gasteiger partial charge in [0.05, 0.1) is 10.7 Å². The Bertz CT molecular complexity index is 251. The zero-order valence-electron chi connectivity index (χ0n) is 8.33. The molecular weight excluding hydrogens is 200 g/mol. The van der Waals surface area contributed by atoms with E-state index in [2.05, 4.69) is 25.1 Å². The molecule has 0 bridgehead atoms. The summed E-state index contributed by atoms with van der Waals surface area (Å²) in [5.41, 5.74) is 7.07. The van der Waals surface area contributed by atoms with Crippen molar-refractivity contribution in [3.63, 3.8) is 0 Å². The van der Waals surface area contributed by atoms with E-state index in [9.17, 15) is 0 Å². The van der Waals surface area contributed by atoms with Gasteiger partial charge in [-0.05, 0) is 20.1 Å². The van der Waals surface area contributed by atoms with Gasteiger partial charge in [-0.1, -0.05) is 0 Å². The minimum Gasteiger partial charge on any atom is -0.327 e. The van der Waals surface area contributed by atoms with E-state index in [0.717, 1.165) is 17.9 Å². The monoisotopic (exact) mass is 216 g/mol. The Morgan fingerprint density at radius 3 is 2.69 bits per heavy atom. The third kappa shape index (κ3) is 3.29. The highest BCUT2D eigenvalue weighted by Crippen LogP contribution is 2.17. The Hall–Kier alpha value is -0.0600. The number of rotatable bonds is 4. The van der Waals surface area contributed by atoms with Crippen LogP contribution in [0.4, 0.5) is 0 Å². The number of hydrogen-bond donors (Lipinski definition) is 1. The number of thioether (sulfide) groups is 1. The molecule has 1 heterocycles. The first kappa shape index (κ1) is 11.0. The van der Waals surface area contributed by atoms with Crippen molar-refractivity contribution in [2.24, 2.45) is 5.73 Å². The van der Waals surface area contributed by atoms with Crippen LogP contribution in [0.2, 0.25) is 0 Å². The summed E-state index contributed by atoms with van der Waals surface area (Å²) in [5.74, 6) is 1.01. The molecule has 0 aromatic carbocycles. The number of nitrogens with two attached hydrogens (primary N) is 1. The minimum absolute atomic E-state index is 0.250. The van der Waals surface area contributed by atoms with Crippen molar-refractivity contribution in [1.82, 2.24) is 4.98 Å². The Labute approximate surface area is 87.9 Å². The molecule has 0 radical (unpaired) electrons. The Morgan fingerprint density at radius 1 is 1.54 bits per heavy atom. The Kier molecular flexibility index (Phi) is 4.22. The maximum Gasteiger partial charge on any atom is 0.0946 e. The van der Waals surface area contributed by atoms with Crippen molar-refractivity contribution in [3.8, 4) is 0 Å². The van der Waals surface area contributed by atoms with Crippen molar-refractivity contribution in [3.05, 3.63) is 15.6 Å². The second-order valence-electron chi connectivity index (χ2n) is 3.17. The van der Waals surface area contributed by atoms with Gasteiger partial charge in [0, 0.05) is 23.1 Å². The first-order valence-electron chi connectivity index (χ1n) is 4.31. The molecule has 4 heteroatoms. The molecule has 0 amide bonds. The average molecular weight is 216 g/mol. The zero-order chi connectivity index (χ0) is 9.84. The lowest BCUT2D eigenvalue weighted by molar-refractivity contribution is 0.743. The van der Waals surface area contributed by atoms with E-state index in [1.165, 1.54) is 9.88 Å². The van der Waals surface area contributed by atoms with E-state index in [1.807, 2.05) is 0 Å². The van der Waals surface area contributed by atoms with E-state index in [1.54, 1.807) is 23.1 Å². The molecule has 2 nitrogen and oxygen atoms in total. The fourth-order valence-corrected chi connectivity index (χ4v) is 2.70. The van der Waals surface area contributed by atoms with Crippen LogP contribution in [-0.4, -0.2) is 23.0 Å². The van der Waals surface area contributed by atoms with Crippen LogP contribution in [0.25, 0.3) is 0 Å². The maximum absolute atomic E-state index is 5.92. The summed E-state index contributed by atoms with van der Waals surface area (Å²) in [6.07, 6.45) is 3.00. The van der Waals surface area contributed by atoms with E-state index in [-0.39, 0.29) is 6.04 Å². The predicted molar refractivity (Wildman–Crippen MR) is 61.6 cm³/mol. The Balaban J connectivity index is 2.53. The van der Waals surface area contributed by atoms with Crippen LogP contribution in [-0.2, 0) is 6.42 Å². The average Bonchev–Trinajstić information content (AvgIpc) is 2.31. The van der Waals surface area contributed by atoms with E-state index in [0.29, 0.717) is 0 Å². The van der Waals surface area contributed by atoms with Gasteiger partial charge in [0.1, 0.15) is 0 Å². The van der Waals surface area contributed by atoms with Crippen molar-refractivity contribution >= 4 is 23.1 Å². The number of nitrogens with zero attached hydrogens (tertiary/aromatic N) is 1. The summed E-state index contributed by atoms with van der Waals surface area (Å²) < 4.78 is 0. The summed E-state index contributed by atoms with van der Waals surface area (Å²) in [6.45, 7) is 4.16. The van der Waals surface area contributed by atoms with Crippen LogP contribution in [0.5, 0.6) is 0 Å². The molecular formula is C9H16N2S2. The molecule has 2 N–H and O–H groups in total.